The monoisotopic (exact) mass is 474 g/mol. The van der Waals surface area contributed by atoms with Crippen LogP contribution in [0.5, 0.6) is 23.0 Å². The number of aromatic hydroxyl groups is 1. The standard InChI is InChI=1S/C20H19BrN4O5/c1-28-16-5-4-12(8-17(16)29-2)14-9-15(24-23-14)20(27)25-22-10-11-6-13(21)19(26)18(7-11)30-3/h4-10,26H,1-3H3,(H,23,24)(H,25,27)/b22-10+. The van der Waals surface area contributed by atoms with Crippen LogP contribution in [0.3, 0.4) is 0 Å². The summed E-state index contributed by atoms with van der Waals surface area (Å²) in [6.07, 6.45) is 1.43. The first-order chi connectivity index (χ1) is 14.5. The molecule has 0 fully saturated rings. The van der Waals surface area contributed by atoms with Gasteiger partial charge in [-0.1, -0.05) is 0 Å². The maximum atomic E-state index is 12.3. The van der Waals surface area contributed by atoms with Gasteiger partial charge in [0.15, 0.2) is 23.0 Å². The fourth-order valence-corrected chi connectivity index (χ4v) is 3.09. The van der Waals surface area contributed by atoms with Gasteiger partial charge >= 0.3 is 0 Å². The van der Waals surface area contributed by atoms with Crippen molar-refractivity contribution in [2.75, 3.05) is 21.3 Å². The molecule has 10 heteroatoms. The largest absolute Gasteiger partial charge is 0.503 e. The number of H-pyrrole nitrogens is 1. The van der Waals surface area contributed by atoms with Crippen molar-refractivity contribution >= 4 is 28.1 Å². The number of methoxy groups -OCH3 is 3. The van der Waals surface area contributed by atoms with Crippen molar-refractivity contribution < 1.29 is 24.1 Å². The molecule has 3 N–H and O–H groups in total. The zero-order valence-corrected chi connectivity index (χ0v) is 18.0. The van der Waals surface area contributed by atoms with Crippen molar-refractivity contribution in [3.63, 3.8) is 0 Å². The highest BCUT2D eigenvalue weighted by Crippen LogP contribution is 2.34. The highest BCUT2D eigenvalue weighted by atomic mass is 79.9. The van der Waals surface area contributed by atoms with E-state index in [9.17, 15) is 9.90 Å². The molecule has 1 amide bonds. The fraction of sp³-hybridized carbons (Fsp3) is 0.150. The molecule has 2 aromatic carbocycles. The van der Waals surface area contributed by atoms with Gasteiger partial charge in [0.25, 0.3) is 5.91 Å². The zero-order chi connectivity index (χ0) is 21.7. The smallest absolute Gasteiger partial charge is 0.289 e. The Morgan fingerprint density at radius 2 is 1.83 bits per heavy atom. The van der Waals surface area contributed by atoms with E-state index in [4.69, 9.17) is 14.2 Å². The van der Waals surface area contributed by atoms with Gasteiger partial charge in [0.05, 0.1) is 37.7 Å². The topological polar surface area (TPSA) is 118 Å². The van der Waals surface area contributed by atoms with E-state index in [1.165, 1.54) is 13.3 Å². The number of benzene rings is 2. The Bertz CT molecular complexity index is 1100. The van der Waals surface area contributed by atoms with Crippen LogP contribution in [0.25, 0.3) is 11.3 Å². The van der Waals surface area contributed by atoms with Gasteiger partial charge in [0.1, 0.15) is 5.69 Å². The van der Waals surface area contributed by atoms with Crippen LogP contribution in [-0.2, 0) is 0 Å². The lowest BCUT2D eigenvalue weighted by Crippen LogP contribution is -2.18. The molecule has 0 unspecified atom stereocenters. The van der Waals surface area contributed by atoms with Crippen molar-refractivity contribution in [2.45, 2.75) is 0 Å². The average Bonchev–Trinajstić information content (AvgIpc) is 3.25. The number of aromatic amines is 1. The van der Waals surface area contributed by atoms with Gasteiger partial charge in [-0.15, -0.1) is 0 Å². The number of nitrogens with zero attached hydrogens (tertiary/aromatic N) is 2. The summed E-state index contributed by atoms with van der Waals surface area (Å²) in [5, 5.41) is 20.6. The average molecular weight is 475 g/mol. The first kappa shape index (κ1) is 21.2. The number of hydrazone groups is 1. The third-order valence-electron chi connectivity index (χ3n) is 4.15. The Kier molecular flexibility index (Phi) is 6.58. The SMILES string of the molecule is COc1ccc(-c2cc(C(=O)N/N=C/c3cc(Br)c(O)c(OC)c3)[nH]n2)cc1OC. The van der Waals surface area contributed by atoms with E-state index >= 15 is 0 Å². The zero-order valence-electron chi connectivity index (χ0n) is 16.4. The molecule has 0 radical (unpaired) electrons. The minimum absolute atomic E-state index is 0.0150. The second kappa shape index (κ2) is 9.31. The maximum absolute atomic E-state index is 12.3. The number of aromatic nitrogens is 2. The van der Waals surface area contributed by atoms with E-state index in [1.54, 1.807) is 44.6 Å². The van der Waals surface area contributed by atoms with Crippen molar-refractivity contribution in [1.29, 1.82) is 0 Å². The first-order valence-electron chi connectivity index (χ1n) is 8.64. The van der Waals surface area contributed by atoms with Gasteiger partial charge in [0, 0.05) is 5.56 Å². The number of amides is 1. The molecule has 0 aliphatic heterocycles. The highest BCUT2D eigenvalue weighted by molar-refractivity contribution is 9.10. The molecule has 0 saturated heterocycles. The first-order valence-corrected chi connectivity index (χ1v) is 9.43. The van der Waals surface area contributed by atoms with Crippen molar-refractivity contribution in [1.82, 2.24) is 15.6 Å². The summed E-state index contributed by atoms with van der Waals surface area (Å²) >= 11 is 3.23. The van der Waals surface area contributed by atoms with Gasteiger partial charge in [-0.05, 0) is 57.9 Å². The summed E-state index contributed by atoms with van der Waals surface area (Å²) in [5.74, 6) is 0.963. The number of carbonyl (C=O) groups excluding carboxylic acids is 1. The number of phenolic OH excluding ortho intramolecular Hbond substituents is 1. The third kappa shape index (κ3) is 4.54. The molecule has 0 saturated carbocycles. The molecule has 0 bridgehead atoms. The molecule has 3 rings (SSSR count). The quantitative estimate of drug-likeness (QED) is 0.357. The molecule has 0 atom stereocenters. The normalized spacial score (nSPS) is 10.8. The van der Waals surface area contributed by atoms with Gasteiger partial charge in [-0.2, -0.15) is 10.2 Å². The van der Waals surface area contributed by atoms with Crippen LogP contribution in [0.2, 0.25) is 0 Å². The van der Waals surface area contributed by atoms with E-state index in [1.807, 2.05) is 6.07 Å². The lowest BCUT2D eigenvalue weighted by molar-refractivity contribution is 0.0950. The third-order valence-corrected chi connectivity index (χ3v) is 4.76. The van der Waals surface area contributed by atoms with Crippen molar-refractivity contribution in [3.8, 4) is 34.3 Å². The van der Waals surface area contributed by atoms with Crippen LogP contribution in [0.15, 0.2) is 46.0 Å². The molecule has 3 aromatic rings. The minimum atomic E-state index is -0.463. The second-order valence-corrected chi connectivity index (χ2v) is 6.84. The van der Waals surface area contributed by atoms with Crippen molar-refractivity contribution in [2.24, 2.45) is 5.10 Å². The van der Waals surface area contributed by atoms with Gasteiger partial charge in [-0.25, -0.2) is 5.43 Å². The molecule has 30 heavy (non-hydrogen) atoms. The molecular formula is C20H19BrN4O5. The number of ether oxygens (including phenoxy) is 3. The summed E-state index contributed by atoms with van der Waals surface area (Å²) in [4.78, 5) is 12.3. The Labute approximate surface area is 180 Å². The van der Waals surface area contributed by atoms with Crippen LogP contribution >= 0.6 is 15.9 Å². The second-order valence-electron chi connectivity index (χ2n) is 5.99. The Hall–Kier alpha value is -3.53. The van der Waals surface area contributed by atoms with E-state index in [0.717, 1.165) is 5.56 Å². The molecule has 156 valence electrons. The highest BCUT2D eigenvalue weighted by Gasteiger charge is 2.13. The van der Waals surface area contributed by atoms with Gasteiger partial charge < -0.3 is 19.3 Å². The van der Waals surface area contributed by atoms with E-state index in [2.05, 4.69) is 36.7 Å². The molecule has 0 aliphatic rings. The lowest BCUT2D eigenvalue weighted by Gasteiger charge is -2.08. The molecule has 0 spiro atoms. The summed E-state index contributed by atoms with van der Waals surface area (Å²) in [6, 6.07) is 10.2. The van der Waals surface area contributed by atoms with Crippen LogP contribution in [0.4, 0.5) is 0 Å². The summed E-state index contributed by atoms with van der Waals surface area (Å²) in [7, 11) is 4.55. The molecule has 1 aromatic heterocycles. The number of carbonyl (C=O) groups is 1. The number of rotatable bonds is 7. The molecular weight excluding hydrogens is 456 g/mol. The van der Waals surface area contributed by atoms with Gasteiger partial charge in [0.2, 0.25) is 0 Å². The Morgan fingerprint density at radius 3 is 2.53 bits per heavy atom. The summed E-state index contributed by atoms with van der Waals surface area (Å²) in [5.41, 5.74) is 4.60. The van der Waals surface area contributed by atoms with Crippen LogP contribution in [-0.4, -0.2) is 48.8 Å². The maximum Gasteiger partial charge on any atom is 0.289 e. The van der Waals surface area contributed by atoms with E-state index < -0.39 is 5.91 Å². The Balaban J connectivity index is 1.71. The lowest BCUT2D eigenvalue weighted by atomic mass is 10.1. The van der Waals surface area contributed by atoms with Gasteiger partial charge in [-0.3, -0.25) is 9.89 Å². The van der Waals surface area contributed by atoms with Crippen LogP contribution in [0.1, 0.15) is 16.1 Å². The minimum Gasteiger partial charge on any atom is -0.503 e. The number of hydrogen-bond donors (Lipinski definition) is 3. The van der Waals surface area contributed by atoms with E-state index in [-0.39, 0.29) is 17.2 Å². The van der Waals surface area contributed by atoms with Crippen molar-refractivity contribution in [3.05, 3.63) is 52.1 Å². The van der Waals surface area contributed by atoms with Crippen LogP contribution < -0.4 is 19.6 Å². The van der Waals surface area contributed by atoms with Crippen LogP contribution in [0, 0.1) is 0 Å². The number of nitrogens with one attached hydrogen (secondary N) is 2. The number of hydrogen-bond acceptors (Lipinski definition) is 7. The molecule has 9 nitrogen and oxygen atoms in total. The summed E-state index contributed by atoms with van der Waals surface area (Å²) in [6.45, 7) is 0. The number of halogens is 1. The molecule has 0 aliphatic carbocycles. The molecule has 1 heterocycles. The predicted octanol–water partition coefficient (Wildman–Crippen LogP) is 3.33. The number of phenols is 1. The Morgan fingerprint density at radius 1 is 1.10 bits per heavy atom. The predicted molar refractivity (Wildman–Crippen MR) is 115 cm³/mol. The fourth-order valence-electron chi connectivity index (χ4n) is 2.63. The summed E-state index contributed by atoms with van der Waals surface area (Å²) < 4.78 is 16.0. The van der Waals surface area contributed by atoms with E-state index in [0.29, 0.717) is 27.2 Å².